The van der Waals surface area contributed by atoms with Crippen molar-refractivity contribution in [2.45, 2.75) is 33.0 Å². The van der Waals surface area contributed by atoms with Gasteiger partial charge in [0.2, 0.25) is 0 Å². The predicted molar refractivity (Wildman–Crippen MR) is 66.4 cm³/mol. The van der Waals surface area contributed by atoms with E-state index in [-0.39, 0.29) is 25.1 Å². The topological polar surface area (TPSA) is 61.5 Å². The number of nitrogens with two attached hydrogens (primary N) is 1. The van der Waals surface area contributed by atoms with Gasteiger partial charge in [0.05, 0.1) is 19.1 Å². The third-order valence-corrected chi connectivity index (χ3v) is 2.14. The lowest BCUT2D eigenvalue weighted by molar-refractivity contribution is -0.146. The second kappa shape index (κ2) is 6.91. The molecular weight excluding hydrogens is 218 g/mol. The zero-order valence-electron chi connectivity index (χ0n) is 10.3. The molecule has 0 radical (unpaired) electrons. The van der Waals surface area contributed by atoms with E-state index in [0.29, 0.717) is 12.3 Å². The Balaban J connectivity index is 2.21. The number of esters is 1. The van der Waals surface area contributed by atoms with Crippen molar-refractivity contribution in [3.05, 3.63) is 29.8 Å². The monoisotopic (exact) mass is 237 g/mol. The molecular formula is C13H19NO3. The number of hydrogen-bond acceptors (Lipinski definition) is 4. The Morgan fingerprint density at radius 2 is 1.94 bits per heavy atom. The summed E-state index contributed by atoms with van der Waals surface area (Å²) in [4.78, 5) is 11.3. The average Bonchev–Trinajstić information content (AvgIpc) is 2.28. The van der Waals surface area contributed by atoms with Gasteiger partial charge in [0.1, 0.15) is 6.61 Å². The van der Waals surface area contributed by atoms with Gasteiger partial charge < -0.3 is 15.2 Å². The van der Waals surface area contributed by atoms with Gasteiger partial charge in [-0.3, -0.25) is 4.79 Å². The molecule has 0 bridgehead atoms. The Bertz CT molecular complexity index is 346. The lowest BCUT2D eigenvalue weighted by Gasteiger charge is -2.07. The highest BCUT2D eigenvalue weighted by Gasteiger charge is 2.04. The van der Waals surface area contributed by atoms with Crippen LogP contribution in [-0.2, 0) is 20.9 Å². The average molecular weight is 237 g/mol. The van der Waals surface area contributed by atoms with Gasteiger partial charge in [-0.2, -0.15) is 0 Å². The number of nitrogen functional groups attached to an aromatic ring is 1. The number of anilines is 1. The molecule has 0 heterocycles. The molecule has 0 aliphatic carbocycles. The first-order valence-corrected chi connectivity index (χ1v) is 5.69. The van der Waals surface area contributed by atoms with Crippen LogP contribution in [0.25, 0.3) is 0 Å². The van der Waals surface area contributed by atoms with E-state index in [1.54, 1.807) is 12.1 Å². The van der Waals surface area contributed by atoms with Crippen molar-refractivity contribution >= 4 is 11.7 Å². The number of benzene rings is 1. The molecule has 1 aromatic carbocycles. The molecule has 94 valence electrons. The highest BCUT2D eigenvalue weighted by molar-refractivity contribution is 5.69. The Morgan fingerprint density at radius 1 is 1.29 bits per heavy atom. The molecule has 4 nitrogen and oxygen atoms in total. The Kier molecular flexibility index (Phi) is 5.49. The van der Waals surface area contributed by atoms with Crippen LogP contribution in [0.4, 0.5) is 5.69 Å². The minimum absolute atomic E-state index is 0.139. The van der Waals surface area contributed by atoms with Crippen LogP contribution >= 0.6 is 0 Å². The Hall–Kier alpha value is -1.55. The molecule has 2 N–H and O–H groups in total. The van der Waals surface area contributed by atoms with E-state index in [1.165, 1.54) is 0 Å². The molecule has 17 heavy (non-hydrogen) atoms. The summed E-state index contributed by atoms with van der Waals surface area (Å²) in [7, 11) is 0. The van der Waals surface area contributed by atoms with Crippen molar-refractivity contribution in [1.82, 2.24) is 0 Å². The summed E-state index contributed by atoms with van der Waals surface area (Å²) in [6.07, 6.45) is 0.424. The van der Waals surface area contributed by atoms with Crippen LogP contribution in [-0.4, -0.2) is 18.7 Å². The molecule has 4 heteroatoms. The van der Waals surface area contributed by atoms with E-state index in [4.69, 9.17) is 15.2 Å². The van der Waals surface area contributed by atoms with Gasteiger partial charge in [-0.25, -0.2) is 0 Å². The highest BCUT2D eigenvalue weighted by atomic mass is 16.5. The van der Waals surface area contributed by atoms with Gasteiger partial charge in [-0.1, -0.05) is 12.1 Å². The van der Waals surface area contributed by atoms with Crippen LogP contribution in [0.3, 0.4) is 0 Å². The zero-order chi connectivity index (χ0) is 12.7. The summed E-state index contributed by atoms with van der Waals surface area (Å²) in [5, 5.41) is 0. The van der Waals surface area contributed by atoms with Gasteiger partial charge in [-0.15, -0.1) is 0 Å². The molecule has 0 aromatic heterocycles. The largest absolute Gasteiger partial charge is 0.461 e. The zero-order valence-corrected chi connectivity index (χ0v) is 10.3. The van der Waals surface area contributed by atoms with E-state index in [9.17, 15) is 4.79 Å². The lowest BCUT2D eigenvalue weighted by Crippen LogP contribution is -2.11. The first-order chi connectivity index (χ1) is 8.08. The number of ether oxygens (including phenoxy) is 2. The standard InChI is InChI=1S/C13H19NO3/c1-10(2)16-8-7-13(15)17-9-11-3-5-12(14)6-4-11/h3-6,10H,7-9,14H2,1-2H3. The fourth-order valence-corrected chi connectivity index (χ4v) is 1.23. The van der Waals surface area contributed by atoms with Gasteiger partial charge in [-0.05, 0) is 31.5 Å². The summed E-state index contributed by atoms with van der Waals surface area (Å²) in [5.41, 5.74) is 7.18. The van der Waals surface area contributed by atoms with Gasteiger partial charge >= 0.3 is 5.97 Å². The Morgan fingerprint density at radius 3 is 2.53 bits per heavy atom. The first-order valence-electron chi connectivity index (χ1n) is 5.69. The van der Waals surface area contributed by atoms with Crippen molar-refractivity contribution in [3.63, 3.8) is 0 Å². The van der Waals surface area contributed by atoms with Crippen molar-refractivity contribution in [2.75, 3.05) is 12.3 Å². The highest BCUT2D eigenvalue weighted by Crippen LogP contribution is 2.07. The maximum atomic E-state index is 11.3. The lowest BCUT2D eigenvalue weighted by atomic mass is 10.2. The van der Waals surface area contributed by atoms with Gasteiger partial charge in [0, 0.05) is 5.69 Å². The van der Waals surface area contributed by atoms with Gasteiger partial charge in [0.15, 0.2) is 0 Å². The maximum absolute atomic E-state index is 11.3. The quantitative estimate of drug-likeness (QED) is 0.608. The van der Waals surface area contributed by atoms with Crippen LogP contribution in [0.1, 0.15) is 25.8 Å². The van der Waals surface area contributed by atoms with Crippen molar-refractivity contribution in [3.8, 4) is 0 Å². The van der Waals surface area contributed by atoms with Crippen LogP contribution in [0.15, 0.2) is 24.3 Å². The second-order valence-electron chi connectivity index (χ2n) is 4.07. The molecule has 0 atom stereocenters. The van der Waals surface area contributed by atoms with E-state index in [1.807, 2.05) is 26.0 Å². The number of carbonyl (C=O) groups is 1. The van der Waals surface area contributed by atoms with Crippen molar-refractivity contribution < 1.29 is 14.3 Å². The molecule has 0 unspecified atom stereocenters. The van der Waals surface area contributed by atoms with Crippen LogP contribution < -0.4 is 5.73 Å². The van der Waals surface area contributed by atoms with Gasteiger partial charge in [0.25, 0.3) is 0 Å². The molecule has 0 aliphatic heterocycles. The van der Waals surface area contributed by atoms with Crippen LogP contribution in [0, 0.1) is 0 Å². The first kappa shape index (κ1) is 13.5. The fraction of sp³-hybridized carbons (Fsp3) is 0.462. The number of carbonyl (C=O) groups excluding carboxylic acids is 1. The molecule has 0 aliphatic rings. The summed E-state index contributed by atoms with van der Waals surface area (Å²) in [5.74, 6) is -0.248. The molecule has 0 spiro atoms. The predicted octanol–water partition coefficient (Wildman–Crippen LogP) is 2.13. The molecule has 0 fully saturated rings. The minimum Gasteiger partial charge on any atom is -0.461 e. The Labute approximate surface area is 102 Å². The smallest absolute Gasteiger partial charge is 0.308 e. The van der Waals surface area contributed by atoms with Crippen molar-refractivity contribution in [2.24, 2.45) is 0 Å². The normalized spacial score (nSPS) is 10.5. The van der Waals surface area contributed by atoms with Crippen LogP contribution in [0.2, 0.25) is 0 Å². The number of rotatable bonds is 6. The molecule has 1 rings (SSSR count). The molecule has 0 saturated carbocycles. The van der Waals surface area contributed by atoms with E-state index in [2.05, 4.69) is 0 Å². The third kappa shape index (κ3) is 5.92. The van der Waals surface area contributed by atoms with E-state index in [0.717, 1.165) is 5.56 Å². The summed E-state index contributed by atoms with van der Waals surface area (Å²) in [6.45, 7) is 4.54. The summed E-state index contributed by atoms with van der Waals surface area (Å²) < 4.78 is 10.4. The fourth-order valence-electron chi connectivity index (χ4n) is 1.23. The molecule has 0 saturated heterocycles. The summed E-state index contributed by atoms with van der Waals surface area (Å²) >= 11 is 0. The maximum Gasteiger partial charge on any atom is 0.308 e. The molecule has 1 aromatic rings. The van der Waals surface area contributed by atoms with E-state index < -0.39 is 0 Å². The third-order valence-electron chi connectivity index (χ3n) is 2.14. The minimum atomic E-state index is -0.248. The summed E-state index contributed by atoms with van der Waals surface area (Å²) in [6, 6.07) is 7.25. The second-order valence-corrected chi connectivity index (χ2v) is 4.07. The van der Waals surface area contributed by atoms with Crippen molar-refractivity contribution in [1.29, 1.82) is 0 Å². The molecule has 0 amide bonds. The SMILES string of the molecule is CC(C)OCCC(=O)OCc1ccc(N)cc1. The van der Waals surface area contributed by atoms with Crippen LogP contribution in [0.5, 0.6) is 0 Å². The number of hydrogen-bond donors (Lipinski definition) is 1. The van der Waals surface area contributed by atoms with E-state index >= 15 is 0 Å².